The first-order valence-corrected chi connectivity index (χ1v) is 7.36. The molecular weight excluding hydrogens is 222 g/mol. The molecule has 0 bridgehead atoms. The van der Waals surface area contributed by atoms with Crippen molar-refractivity contribution in [3.05, 3.63) is 0 Å². The fraction of sp³-hybridized carbons (Fsp3) is 0.917. The van der Waals surface area contributed by atoms with E-state index in [0.717, 1.165) is 19.3 Å². The molecule has 3 unspecified atom stereocenters. The van der Waals surface area contributed by atoms with E-state index >= 15 is 0 Å². The predicted octanol–water partition coefficient (Wildman–Crippen LogP) is 1.81. The highest BCUT2D eigenvalue weighted by atomic mass is 32.2. The van der Waals surface area contributed by atoms with Crippen LogP contribution in [-0.2, 0) is 9.53 Å². The van der Waals surface area contributed by atoms with Gasteiger partial charge in [0.2, 0.25) is 0 Å². The molecule has 1 heterocycles. The van der Waals surface area contributed by atoms with E-state index in [1.54, 1.807) is 0 Å². The number of thioether (sulfide) groups is 1. The van der Waals surface area contributed by atoms with Crippen LogP contribution in [0.15, 0.2) is 0 Å². The minimum Gasteiger partial charge on any atom is -0.469 e. The lowest BCUT2D eigenvalue weighted by Gasteiger charge is -2.30. The molecule has 1 N–H and O–H groups in total. The Kier molecular flexibility index (Phi) is 4.53. The molecule has 1 saturated heterocycles. The van der Waals surface area contributed by atoms with E-state index in [1.807, 2.05) is 11.8 Å². The first-order valence-electron chi connectivity index (χ1n) is 6.21. The van der Waals surface area contributed by atoms with Gasteiger partial charge in [0.25, 0.3) is 0 Å². The zero-order chi connectivity index (χ0) is 11.4. The molecule has 2 fully saturated rings. The fourth-order valence-corrected chi connectivity index (χ4v) is 3.89. The summed E-state index contributed by atoms with van der Waals surface area (Å²) in [7, 11) is 1.49. The molecule has 2 rings (SSSR count). The lowest BCUT2D eigenvalue weighted by molar-refractivity contribution is -0.146. The molecule has 3 atom stereocenters. The van der Waals surface area contributed by atoms with Crippen molar-refractivity contribution in [1.82, 2.24) is 5.32 Å². The molecule has 16 heavy (non-hydrogen) atoms. The molecule has 1 saturated carbocycles. The molecule has 2 aliphatic rings. The number of nitrogens with one attached hydrogen (secondary N) is 1. The second-order valence-corrected chi connectivity index (χ2v) is 5.96. The third kappa shape index (κ3) is 3.14. The average Bonchev–Trinajstić information content (AvgIpc) is 2.81. The number of carbonyl (C=O) groups excluding carboxylic acids is 1. The molecule has 0 amide bonds. The zero-order valence-corrected chi connectivity index (χ0v) is 10.7. The van der Waals surface area contributed by atoms with Gasteiger partial charge in [-0.15, -0.1) is 0 Å². The minimum absolute atomic E-state index is 0.0210. The molecule has 0 radical (unpaired) electrons. The van der Waals surface area contributed by atoms with Gasteiger partial charge in [-0.2, -0.15) is 11.8 Å². The van der Waals surface area contributed by atoms with Gasteiger partial charge >= 0.3 is 5.97 Å². The van der Waals surface area contributed by atoms with Crippen molar-refractivity contribution >= 4 is 17.7 Å². The van der Waals surface area contributed by atoms with E-state index in [9.17, 15) is 4.79 Å². The smallest absolute Gasteiger partial charge is 0.308 e. The van der Waals surface area contributed by atoms with E-state index in [2.05, 4.69) is 5.32 Å². The zero-order valence-electron chi connectivity index (χ0n) is 9.91. The summed E-state index contributed by atoms with van der Waals surface area (Å²) in [5.41, 5.74) is 0. The summed E-state index contributed by atoms with van der Waals surface area (Å²) in [4.78, 5) is 11.5. The number of hydrogen-bond donors (Lipinski definition) is 1. The third-order valence-electron chi connectivity index (χ3n) is 3.61. The van der Waals surface area contributed by atoms with Crippen LogP contribution in [0.3, 0.4) is 0 Å². The predicted molar refractivity (Wildman–Crippen MR) is 66.6 cm³/mol. The summed E-state index contributed by atoms with van der Waals surface area (Å²) in [5, 5.41) is 3.70. The second kappa shape index (κ2) is 5.92. The van der Waals surface area contributed by atoms with Crippen molar-refractivity contribution in [2.75, 3.05) is 18.6 Å². The summed E-state index contributed by atoms with van der Waals surface area (Å²) >= 11 is 2.03. The fourth-order valence-electron chi connectivity index (χ4n) is 2.72. The molecular formula is C12H21NO2S. The van der Waals surface area contributed by atoms with Gasteiger partial charge in [-0.05, 0) is 31.4 Å². The van der Waals surface area contributed by atoms with Gasteiger partial charge in [-0.3, -0.25) is 4.79 Å². The minimum atomic E-state index is -0.0210. The van der Waals surface area contributed by atoms with Crippen molar-refractivity contribution in [2.24, 2.45) is 5.92 Å². The molecule has 92 valence electrons. The third-order valence-corrected chi connectivity index (χ3v) is 4.77. The van der Waals surface area contributed by atoms with Gasteiger partial charge in [0.1, 0.15) is 0 Å². The van der Waals surface area contributed by atoms with E-state index in [0.29, 0.717) is 12.1 Å². The van der Waals surface area contributed by atoms with E-state index in [4.69, 9.17) is 4.74 Å². The molecule has 0 spiro atoms. The summed E-state index contributed by atoms with van der Waals surface area (Å²) in [6, 6.07) is 1.20. The Labute approximate surface area is 102 Å². The maximum absolute atomic E-state index is 11.5. The number of carbonyl (C=O) groups is 1. The monoisotopic (exact) mass is 243 g/mol. The van der Waals surface area contributed by atoms with E-state index in [-0.39, 0.29) is 11.9 Å². The van der Waals surface area contributed by atoms with Gasteiger partial charge in [0.05, 0.1) is 13.0 Å². The van der Waals surface area contributed by atoms with Crippen molar-refractivity contribution in [3.63, 3.8) is 0 Å². The first kappa shape index (κ1) is 12.2. The lowest BCUT2D eigenvalue weighted by Crippen LogP contribution is -2.42. The van der Waals surface area contributed by atoms with Crippen molar-refractivity contribution in [2.45, 2.75) is 44.2 Å². The van der Waals surface area contributed by atoms with Gasteiger partial charge in [-0.1, -0.05) is 6.42 Å². The van der Waals surface area contributed by atoms with Gasteiger partial charge in [0.15, 0.2) is 0 Å². The van der Waals surface area contributed by atoms with Gasteiger partial charge < -0.3 is 10.1 Å². The number of ether oxygens (including phenoxy) is 1. The maximum atomic E-state index is 11.5. The summed E-state index contributed by atoms with van der Waals surface area (Å²) in [6.07, 6.45) is 5.62. The SMILES string of the molecule is COC(=O)C1CCCC(NC2CCSC2)C1. The highest BCUT2D eigenvalue weighted by Crippen LogP contribution is 2.27. The molecule has 0 aromatic carbocycles. The lowest BCUT2D eigenvalue weighted by atomic mass is 9.85. The van der Waals surface area contributed by atoms with Crippen LogP contribution in [0.4, 0.5) is 0 Å². The summed E-state index contributed by atoms with van der Waals surface area (Å²) in [6.45, 7) is 0. The molecule has 0 aromatic heterocycles. The van der Waals surface area contributed by atoms with Crippen LogP contribution in [-0.4, -0.2) is 36.7 Å². The Morgan fingerprint density at radius 3 is 2.88 bits per heavy atom. The molecule has 1 aliphatic heterocycles. The van der Waals surface area contributed by atoms with Crippen molar-refractivity contribution < 1.29 is 9.53 Å². The molecule has 3 nitrogen and oxygen atoms in total. The van der Waals surface area contributed by atoms with Crippen LogP contribution < -0.4 is 5.32 Å². The Bertz CT molecular complexity index is 241. The number of rotatable bonds is 3. The summed E-state index contributed by atoms with van der Waals surface area (Å²) in [5.74, 6) is 2.63. The van der Waals surface area contributed by atoms with Crippen molar-refractivity contribution in [1.29, 1.82) is 0 Å². The second-order valence-electron chi connectivity index (χ2n) is 4.81. The molecule has 1 aliphatic carbocycles. The van der Waals surface area contributed by atoms with Crippen LogP contribution in [0.1, 0.15) is 32.1 Å². The number of hydrogen-bond acceptors (Lipinski definition) is 4. The number of esters is 1. The van der Waals surface area contributed by atoms with Gasteiger partial charge in [-0.25, -0.2) is 0 Å². The quantitative estimate of drug-likeness (QED) is 0.767. The topological polar surface area (TPSA) is 38.3 Å². The van der Waals surface area contributed by atoms with Crippen LogP contribution in [0, 0.1) is 5.92 Å². The summed E-state index contributed by atoms with van der Waals surface area (Å²) < 4.78 is 4.84. The maximum Gasteiger partial charge on any atom is 0.308 e. The van der Waals surface area contributed by atoms with Crippen LogP contribution >= 0.6 is 11.8 Å². The molecule has 0 aromatic rings. The van der Waals surface area contributed by atoms with Crippen LogP contribution in [0.2, 0.25) is 0 Å². The Balaban J connectivity index is 1.79. The highest BCUT2D eigenvalue weighted by Gasteiger charge is 2.29. The van der Waals surface area contributed by atoms with Gasteiger partial charge in [0, 0.05) is 17.8 Å². The van der Waals surface area contributed by atoms with Crippen molar-refractivity contribution in [3.8, 4) is 0 Å². The van der Waals surface area contributed by atoms with Crippen LogP contribution in [0.25, 0.3) is 0 Å². The number of methoxy groups -OCH3 is 1. The highest BCUT2D eigenvalue weighted by molar-refractivity contribution is 7.99. The standard InChI is InChI=1S/C12H21NO2S/c1-15-12(14)9-3-2-4-10(7-9)13-11-5-6-16-8-11/h9-11,13H,2-8H2,1H3. The largest absolute Gasteiger partial charge is 0.469 e. The average molecular weight is 243 g/mol. The Morgan fingerprint density at radius 1 is 1.31 bits per heavy atom. The molecule has 4 heteroatoms. The normalized spacial score (nSPS) is 34.9. The van der Waals surface area contributed by atoms with E-state index < -0.39 is 0 Å². The first-order chi connectivity index (χ1) is 7.79. The Hall–Kier alpha value is -0.220. The van der Waals surface area contributed by atoms with E-state index in [1.165, 1.54) is 31.5 Å². The van der Waals surface area contributed by atoms with Crippen LogP contribution in [0.5, 0.6) is 0 Å². The Morgan fingerprint density at radius 2 is 2.19 bits per heavy atom.